The third-order valence-corrected chi connectivity index (χ3v) is 8.37. The van der Waals surface area contributed by atoms with E-state index in [0.717, 1.165) is 36.4 Å². The third kappa shape index (κ3) is 5.97. The summed E-state index contributed by atoms with van der Waals surface area (Å²) in [5, 5.41) is 13.0. The van der Waals surface area contributed by atoms with Gasteiger partial charge in [0.2, 0.25) is 5.88 Å². The molecule has 2 saturated carbocycles. The smallest absolute Gasteiger partial charge is 0.429 e. The number of halogens is 6. The Bertz CT molecular complexity index is 1460. The van der Waals surface area contributed by atoms with Gasteiger partial charge in [-0.1, -0.05) is 0 Å². The van der Waals surface area contributed by atoms with Crippen LogP contribution in [0.25, 0.3) is 5.52 Å². The van der Waals surface area contributed by atoms with E-state index >= 15 is 0 Å². The molecule has 5 rings (SSSR count). The highest BCUT2D eigenvalue weighted by Crippen LogP contribution is 2.45. The predicted octanol–water partition coefficient (Wildman–Crippen LogP) is 4.12. The topological polar surface area (TPSA) is 141 Å². The Balaban J connectivity index is 1.17. The first-order valence-corrected chi connectivity index (χ1v) is 13.7. The van der Waals surface area contributed by atoms with Crippen LogP contribution in [0.5, 0.6) is 11.6 Å². The molecule has 4 N–H and O–H groups in total. The molecule has 3 aromatic heterocycles. The van der Waals surface area contributed by atoms with Crippen LogP contribution >= 0.6 is 11.3 Å². The minimum atomic E-state index is -6.02. The van der Waals surface area contributed by atoms with Crippen molar-refractivity contribution < 1.29 is 50.5 Å². The summed E-state index contributed by atoms with van der Waals surface area (Å²) >= 11 is 1.26. The largest absolute Gasteiger partial charge is 0.488 e. The molecular formula is C25H25F6N5O5S. The summed E-state index contributed by atoms with van der Waals surface area (Å²) in [5.41, 5.74) is 0.637. The van der Waals surface area contributed by atoms with Gasteiger partial charge >= 0.3 is 12.4 Å². The van der Waals surface area contributed by atoms with E-state index in [9.17, 15) is 41.0 Å². The average molecular weight is 622 g/mol. The van der Waals surface area contributed by atoms with Gasteiger partial charge in [-0.3, -0.25) is 9.59 Å². The lowest BCUT2D eigenvalue weighted by atomic mass is 9.93. The van der Waals surface area contributed by atoms with Gasteiger partial charge in [-0.15, -0.1) is 11.3 Å². The minimum Gasteiger partial charge on any atom is -0.488 e. The molecule has 3 heterocycles. The van der Waals surface area contributed by atoms with E-state index in [2.05, 4.69) is 20.0 Å². The first kappa shape index (κ1) is 29.9. The molecular weight excluding hydrogens is 596 g/mol. The zero-order chi connectivity index (χ0) is 30.4. The summed E-state index contributed by atoms with van der Waals surface area (Å²) in [6, 6.07) is 2.10. The molecule has 0 saturated heterocycles. The molecule has 2 aliphatic rings. The van der Waals surface area contributed by atoms with Crippen LogP contribution in [0, 0.1) is 0 Å². The Kier molecular flexibility index (Phi) is 7.76. The Hall–Kier alpha value is -3.60. The molecule has 0 aliphatic heterocycles. The number of pyridine rings is 1. The molecule has 0 unspecified atom stereocenters. The summed E-state index contributed by atoms with van der Waals surface area (Å²) in [5.74, 6) is -0.940. The van der Waals surface area contributed by atoms with Gasteiger partial charge in [-0.25, -0.2) is 9.97 Å². The van der Waals surface area contributed by atoms with Crippen molar-refractivity contribution in [2.45, 2.75) is 74.5 Å². The molecule has 2 amide bonds. The molecule has 0 spiro atoms. The zero-order valence-electron chi connectivity index (χ0n) is 21.7. The summed E-state index contributed by atoms with van der Waals surface area (Å²) in [4.78, 5) is 33.5. The number of nitrogens with one attached hydrogen (secondary N) is 1. The summed E-state index contributed by atoms with van der Waals surface area (Å²) < 4.78 is 89.2. The molecule has 0 radical (unpaired) electrons. The van der Waals surface area contributed by atoms with Gasteiger partial charge in [0.15, 0.2) is 10.6 Å². The van der Waals surface area contributed by atoms with Crippen LogP contribution in [0.1, 0.15) is 69.6 Å². The van der Waals surface area contributed by atoms with Crippen molar-refractivity contribution in [3.05, 3.63) is 40.2 Å². The van der Waals surface area contributed by atoms with E-state index < -0.39 is 42.1 Å². The van der Waals surface area contributed by atoms with Crippen molar-refractivity contribution >= 4 is 28.7 Å². The molecule has 10 nitrogen and oxygen atoms in total. The molecule has 2 fully saturated rings. The van der Waals surface area contributed by atoms with Gasteiger partial charge in [-0.2, -0.15) is 26.3 Å². The van der Waals surface area contributed by atoms with Crippen LogP contribution < -0.4 is 20.5 Å². The fourth-order valence-corrected chi connectivity index (χ4v) is 5.57. The summed E-state index contributed by atoms with van der Waals surface area (Å²) in [6.07, 6.45) is -5.75. The number of thiazole rings is 1. The predicted molar refractivity (Wildman–Crippen MR) is 134 cm³/mol. The number of imidazole rings is 1. The maximum atomic E-state index is 12.9. The van der Waals surface area contributed by atoms with Crippen LogP contribution in [0.4, 0.5) is 26.3 Å². The number of alkyl halides is 6. The Morgan fingerprint density at radius 2 is 1.74 bits per heavy atom. The van der Waals surface area contributed by atoms with Crippen LogP contribution in [-0.4, -0.2) is 68.0 Å². The van der Waals surface area contributed by atoms with E-state index in [0.29, 0.717) is 36.5 Å². The summed E-state index contributed by atoms with van der Waals surface area (Å²) in [7, 11) is 0. The van der Waals surface area contributed by atoms with E-state index in [1.54, 1.807) is 0 Å². The van der Waals surface area contributed by atoms with Crippen LogP contribution in [-0.2, 0) is 0 Å². The number of amides is 2. The van der Waals surface area contributed by atoms with E-state index in [-0.39, 0.29) is 29.2 Å². The third-order valence-electron chi connectivity index (χ3n) is 7.16. The number of nitrogens with zero attached hydrogens (tertiary/aromatic N) is 3. The highest BCUT2D eigenvalue weighted by molar-refractivity contribution is 7.14. The number of aromatic nitrogens is 3. The molecule has 42 heavy (non-hydrogen) atoms. The number of ether oxygens (including phenoxy) is 2. The first-order valence-electron chi connectivity index (χ1n) is 12.9. The number of rotatable bonds is 9. The molecule has 2 aliphatic carbocycles. The van der Waals surface area contributed by atoms with Crippen molar-refractivity contribution in [2.24, 2.45) is 5.73 Å². The molecule has 0 atom stereocenters. The van der Waals surface area contributed by atoms with E-state index in [1.807, 2.05) is 0 Å². The number of aliphatic hydroxyl groups is 1. The Labute approximate surface area is 237 Å². The number of hydrogen-bond acceptors (Lipinski definition) is 8. The van der Waals surface area contributed by atoms with Gasteiger partial charge in [0.05, 0.1) is 11.7 Å². The maximum Gasteiger partial charge on any atom is 0.429 e. The van der Waals surface area contributed by atoms with Crippen LogP contribution in [0.2, 0.25) is 0 Å². The van der Waals surface area contributed by atoms with Crippen LogP contribution in [0.3, 0.4) is 0 Å². The highest BCUT2D eigenvalue weighted by atomic mass is 32.1. The van der Waals surface area contributed by atoms with Gasteiger partial charge < -0.3 is 30.0 Å². The molecule has 228 valence electrons. The maximum absolute atomic E-state index is 12.9. The minimum absolute atomic E-state index is 0.0109. The van der Waals surface area contributed by atoms with E-state index in [4.69, 9.17) is 10.5 Å². The quantitative estimate of drug-likeness (QED) is 0.305. The van der Waals surface area contributed by atoms with Gasteiger partial charge in [0, 0.05) is 12.0 Å². The summed E-state index contributed by atoms with van der Waals surface area (Å²) in [6.45, 7) is -2.12. The molecule has 0 aromatic carbocycles. The van der Waals surface area contributed by atoms with Crippen molar-refractivity contribution in [1.29, 1.82) is 0 Å². The fraction of sp³-hybridized carbons (Fsp3) is 0.520. The number of hydrogen-bond donors (Lipinski definition) is 3. The second-order valence-corrected chi connectivity index (χ2v) is 11.3. The van der Waals surface area contributed by atoms with Crippen molar-refractivity contribution in [2.75, 3.05) is 6.61 Å². The molecule has 3 aromatic rings. The van der Waals surface area contributed by atoms with Gasteiger partial charge in [0.1, 0.15) is 29.8 Å². The lowest BCUT2D eigenvalue weighted by Crippen LogP contribution is -2.60. The van der Waals surface area contributed by atoms with Gasteiger partial charge in [-0.05, 0) is 50.7 Å². The fourth-order valence-electron chi connectivity index (χ4n) is 4.55. The Morgan fingerprint density at radius 3 is 2.33 bits per heavy atom. The van der Waals surface area contributed by atoms with Gasteiger partial charge in [0.25, 0.3) is 17.4 Å². The highest BCUT2D eigenvalue weighted by Gasteiger charge is 2.71. The molecule has 17 heteroatoms. The average Bonchev–Trinajstić information content (AvgIpc) is 3.53. The first-order chi connectivity index (χ1) is 19.7. The van der Waals surface area contributed by atoms with Crippen molar-refractivity contribution in [3.63, 3.8) is 0 Å². The monoisotopic (exact) mass is 621 g/mol. The normalized spacial score (nSPS) is 20.0. The zero-order valence-corrected chi connectivity index (χ0v) is 22.5. The molecule has 0 bridgehead atoms. The second kappa shape index (κ2) is 10.9. The van der Waals surface area contributed by atoms with Crippen molar-refractivity contribution in [3.8, 4) is 11.6 Å². The van der Waals surface area contributed by atoms with E-state index in [1.165, 1.54) is 21.8 Å². The number of carbonyl (C=O) groups is 2. The number of nitrogens with two attached hydrogens (primary N) is 1. The number of carbonyl (C=O) groups excluding carboxylic acids is 2. The number of primary amides is 1. The SMILES string of the molecule is NC(=O)c1sc(C2CC2)nc1OC1CCC(NC(=O)c2ncn3cc(OCC(O)(C(F)(F)F)C(F)(F)F)ccc23)CC1. The Morgan fingerprint density at radius 1 is 1.07 bits per heavy atom. The van der Waals surface area contributed by atoms with Crippen LogP contribution in [0.15, 0.2) is 24.7 Å². The second-order valence-electron chi connectivity index (χ2n) is 10.3. The number of fused-ring (bicyclic) bond motifs is 1. The standard InChI is InChI=1S/C25H25F6N5O5S/c26-24(27,28)23(39,25(29,30)31)10-40-15-7-8-16-17(33-11-36(16)9-15)20(38)34-13-3-5-14(6-4-13)41-21-18(19(32)37)42-22(35-21)12-1-2-12/h7-9,11-14,39H,1-6,10H2,(H2,32,37)(H,34,38). The lowest BCUT2D eigenvalue weighted by molar-refractivity contribution is -0.373. The van der Waals surface area contributed by atoms with Crippen molar-refractivity contribution in [1.82, 2.24) is 19.7 Å². The lowest BCUT2D eigenvalue weighted by Gasteiger charge is -2.31.